The minimum absolute atomic E-state index is 0.949. The molecule has 0 aliphatic carbocycles. The molecule has 1 heterocycles. The van der Waals surface area contributed by atoms with E-state index in [9.17, 15) is 0 Å². The second-order valence-corrected chi connectivity index (χ2v) is 2.74. The first kappa shape index (κ1) is 5.75. The van der Waals surface area contributed by atoms with E-state index in [-0.39, 0.29) is 0 Å². The SMILES string of the molecule is CN1CCSC1=NN. The molecule has 0 atom stereocenters. The largest absolute Gasteiger partial charge is 0.352 e. The minimum Gasteiger partial charge on any atom is -0.352 e. The smallest absolute Gasteiger partial charge is 0.182 e. The molecule has 1 saturated heterocycles. The molecule has 1 aliphatic heterocycles. The highest BCUT2D eigenvalue weighted by atomic mass is 32.2. The highest BCUT2D eigenvalue weighted by Gasteiger charge is 2.13. The van der Waals surface area contributed by atoms with Gasteiger partial charge < -0.3 is 10.7 Å². The van der Waals surface area contributed by atoms with E-state index >= 15 is 0 Å². The van der Waals surface area contributed by atoms with Crippen molar-refractivity contribution in [3.8, 4) is 0 Å². The summed E-state index contributed by atoms with van der Waals surface area (Å²) in [5.74, 6) is 6.17. The van der Waals surface area contributed by atoms with Crippen LogP contribution in [0.1, 0.15) is 0 Å². The number of amidine groups is 1. The topological polar surface area (TPSA) is 41.6 Å². The van der Waals surface area contributed by atoms with Crippen LogP contribution in [0.2, 0.25) is 0 Å². The lowest BCUT2D eigenvalue weighted by molar-refractivity contribution is 0.561. The fourth-order valence-electron chi connectivity index (χ4n) is 0.616. The van der Waals surface area contributed by atoms with Crippen molar-refractivity contribution in [2.45, 2.75) is 0 Å². The number of nitrogens with two attached hydrogens (primary N) is 1. The number of nitrogens with zero attached hydrogens (tertiary/aromatic N) is 2. The molecule has 1 aliphatic rings. The highest BCUT2D eigenvalue weighted by Crippen LogP contribution is 2.13. The summed E-state index contributed by atoms with van der Waals surface area (Å²) in [5, 5.41) is 4.52. The molecule has 0 radical (unpaired) electrons. The molecule has 3 nitrogen and oxygen atoms in total. The Bertz CT molecular complexity index is 112. The molecular formula is C4H9N3S. The maximum atomic E-state index is 5.05. The van der Waals surface area contributed by atoms with Gasteiger partial charge in [-0.1, -0.05) is 11.8 Å². The molecule has 8 heavy (non-hydrogen) atoms. The lowest BCUT2D eigenvalue weighted by Gasteiger charge is -2.06. The van der Waals surface area contributed by atoms with Crippen molar-refractivity contribution >= 4 is 16.9 Å². The van der Waals surface area contributed by atoms with E-state index in [1.54, 1.807) is 11.8 Å². The molecule has 2 N–H and O–H groups in total. The van der Waals surface area contributed by atoms with Crippen molar-refractivity contribution < 1.29 is 0 Å². The highest BCUT2D eigenvalue weighted by molar-refractivity contribution is 8.14. The molecular weight excluding hydrogens is 122 g/mol. The zero-order valence-corrected chi connectivity index (χ0v) is 5.61. The third-order valence-corrected chi connectivity index (χ3v) is 2.16. The summed E-state index contributed by atoms with van der Waals surface area (Å²) in [6, 6.07) is 0. The fourth-order valence-corrected chi connectivity index (χ4v) is 1.55. The van der Waals surface area contributed by atoms with Crippen LogP contribution in [0.3, 0.4) is 0 Å². The van der Waals surface area contributed by atoms with Gasteiger partial charge in [0.15, 0.2) is 5.17 Å². The molecule has 0 bridgehead atoms. The molecule has 46 valence electrons. The summed E-state index contributed by atoms with van der Waals surface area (Å²) in [4.78, 5) is 2.05. The Labute approximate surface area is 52.9 Å². The van der Waals surface area contributed by atoms with Gasteiger partial charge in [0.2, 0.25) is 0 Å². The zero-order valence-electron chi connectivity index (χ0n) is 4.79. The third kappa shape index (κ3) is 0.888. The molecule has 0 aromatic rings. The van der Waals surface area contributed by atoms with Gasteiger partial charge in [-0.25, -0.2) is 0 Å². The van der Waals surface area contributed by atoms with E-state index in [4.69, 9.17) is 5.84 Å². The van der Waals surface area contributed by atoms with Crippen molar-refractivity contribution in [1.82, 2.24) is 4.90 Å². The average molecular weight is 131 g/mol. The third-order valence-electron chi connectivity index (χ3n) is 1.09. The van der Waals surface area contributed by atoms with E-state index in [0.717, 1.165) is 17.5 Å². The van der Waals surface area contributed by atoms with E-state index in [1.807, 2.05) is 11.9 Å². The van der Waals surface area contributed by atoms with E-state index in [1.165, 1.54) is 0 Å². The predicted molar refractivity (Wildman–Crippen MR) is 36.7 cm³/mol. The molecule has 4 heteroatoms. The summed E-state index contributed by atoms with van der Waals surface area (Å²) < 4.78 is 0. The van der Waals surface area contributed by atoms with Crippen LogP contribution in [0.5, 0.6) is 0 Å². The van der Waals surface area contributed by atoms with Gasteiger partial charge in [0.05, 0.1) is 0 Å². The number of thioether (sulfide) groups is 1. The molecule has 1 fully saturated rings. The van der Waals surface area contributed by atoms with E-state index in [0.29, 0.717) is 0 Å². The van der Waals surface area contributed by atoms with Crippen LogP contribution >= 0.6 is 11.8 Å². The van der Waals surface area contributed by atoms with Crippen molar-refractivity contribution in [3.05, 3.63) is 0 Å². The van der Waals surface area contributed by atoms with Gasteiger partial charge in [-0.2, -0.15) is 5.10 Å². The number of hydrogen-bond donors (Lipinski definition) is 1. The fraction of sp³-hybridized carbons (Fsp3) is 0.750. The normalized spacial score (nSPS) is 25.1. The monoisotopic (exact) mass is 131 g/mol. The van der Waals surface area contributed by atoms with Gasteiger partial charge >= 0.3 is 0 Å². The van der Waals surface area contributed by atoms with E-state index < -0.39 is 0 Å². The van der Waals surface area contributed by atoms with Gasteiger partial charge in [0, 0.05) is 19.3 Å². The number of hydrogen-bond acceptors (Lipinski definition) is 3. The molecule has 0 unspecified atom stereocenters. The molecule has 1 rings (SSSR count). The van der Waals surface area contributed by atoms with Crippen LogP contribution in [0, 0.1) is 0 Å². The molecule has 0 aromatic heterocycles. The maximum Gasteiger partial charge on any atom is 0.182 e. The van der Waals surface area contributed by atoms with Crippen LogP contribution in [-0.4, -0.2) is 29.4 Å². The summed E-state index contributed by atoms with van der Waals surface area (Å²) in [7, 11) is 1.99. The Morgan fingerprint density at radius 3 is 2.88 bits per heavy atom. The first-order chi connectivity index (χ1) is 3.84. The van der Waals surface area contributed by atoms with Crippen molar-refractivity contribution in [1.29, 1.82) is 0 Å². The van der Waals surface area contributed by atoms with Crippen molar-refractivity contribution in [3.63, 3.8) is 0 Å². The predicted octanol–water partition coefficient (Wildman–Crippen LogP) is -0.105. The Morgan fingerprint density at radius 2 is 2.62 bits per heavy atom. The van der Waals surface area contributed by atoms with Gasteiger partial charge in [-0.05, 0) is 0 Å². The maximum absolute atomic E-state index is 5.05. The molecule has 0 aromatic carbocycles. The lowest BCUT2D eigenvalue weighted by Crippen LogP contribution is -2.19. The Balaban J connectivity index is 2.55. The van der Waals surface area contributed by atoms with Gasteiger partial charge in [-0.3, -0.25) is 0 Å². The Hall–Kier alpha value is -0.380. The van der Waals surface area contributed by atoms with Gasteiger partial charge in [-0.15, -0.1) is 0 Å². The van der Waals surface area contributed by atoms with Crippen molar-refractivity contribution in [2.75, 3.05) is 19.3 Å². The summed E-state index contributed by atoms with van der Waals surface area (Å²) in [6.07, 6.45) is 0. The summed E-state index contributed by atoms with van der Waals surface area (Å²) in [6.45, 7) is 1.07. The van der Waals surface area contributed by atoms with Crippen LogP contribution in [0.4, 0.5) is 0 Å². The van der Waals surface area contributed by atoms with E-state index in [2.05, 4.69) is 5.10 Å². The van der Waals surface area contributed by atoms with Crippen LogP contribution in [0.15, 0.2) is 5.10 Å². The summed E-state index contributed by atoms with van der Waals surface area (Å²) >= 11 is 1.70. The number of rotatable bonds is 0. The second-order valence-electron chi connectivity index (χ2n) is 1.68. The average Bonchev–Trinajstić information content (AvgIpc) is 2.14. The first-order valence-corrected chi connectivity index (χ1v) is 3.45. The summed E-state index contributed by atoms with van der Waals surface area (Å²) in [5.41, 5.74) is 0. The molecule has 0 amide bonds. The first-order valence-electron chi connectivity index (χ1n) is 2.46. The van der Waals surface area contributed by atoms with Crippen LogP contribution < -0.4 is 5.84 Å². The number of hydrazone groups is 1. The zero-order chi connectivity index (χ0) is 5.98. The molecule has 0 spiro atoms. The van der Waals surface area contributed by atoms with Crippen LogP contribution in [-0.2, 0) is 0 Å². The van der Waals surface area contributed by atoms with Gasteiger partial charge in [0.1, 0.15) is 0 Å². The van der Waals surface area contributed by atoms with Crippen molar-refractivity contribution in [2.24, 2.45) is 10.9 Å². The molecule has 0 saturated carbocycles. The Kier molecular flexibility index (Phi) is 1.62. The Morgan fingerprint density at radius 1 is 1.88 bits per heavy atom. The lowest BCUT2D eigenvalue weighted by atomic mass is 10.7. The quantitative estimate of drug-likeness (QED) is 0.368. The van der Waals surface area contributed by atoms with Gasteiger partial charge in [0.25, 0.3) is 0 Å². The second kappa shape index (κ2) is 2.26. The standard InChI is InChI=1S/C4H9N3S/c1-7-2-3-8-4(7)6-5/h2-3,5H2,1H3. The minimum atomic E-state index is 0.949. The van der Waals surface area contributed by atoms with Crippen LogP contribution in [0.25, 0.3) is 0 Å².